The third kappa shape index (κ3) is 4.68. The molecule has 0 atom stereocenters. The van der Waals surface area contributed by atoms with Crippen molar-refractivity contribution in [1.29, 1.82) is 0 Å². The molecule has 0 saturated heterocycles. The Bertz CT molecular complexity index is 1080. The van der Waals surface area contributed by atoms with Gasteiger partial charge in [0, 0.05) is 11.1 Å². The Balaban J connectivity index is 1.74. The molecule has 1 N–H and O–H groups in total. The molecule has 0 unspecified atom stereocenters. The molecule has 0 bridgehead atoms. The topological polar surface area (TPSA) is 85.4 Å². The van der Waals surface area contributed by atoms with Gasteiger partial charge in [0.1, 0.15) is 5.75 Å². The fourth-order valence-corrected chi connectivity index (χ4v) is 3.64. The van der Waals surface area contributed by atoms with Gasteiger partial charge in [0.2, 0.25) is 5.88 Å². The molecule has 0 aliphatic rings. The highest BCUT2D eigenvalue weighted by Crippen LogP contribution is 2.23. The molecule has 1 amide bonds. The summed E-state index contributed by atoms with van der Waals surface area (Å²) >= 11 is 5.83. The summed E-state index contributed by atoms with van der Waals surface area (Å²) < 4.78 is 30.0. The number of benzene rings is 2. The Hall–Kier alpha value is -2.90. The lowest BCUT2D eigenvalue weighted by molar-refractivity contribution is 0.102. The zero-order chi connectivity index (χ0) is 20.1. The maximum atomic E-state index is 12.6. The third-order valence-electron chi connectivity index (χ3n) is 3.88. The lowest BCUT2D eigenvalue weighted by atomic mass is 10.2. The maximum absolute atomic E-state index is 12.6. The van der Waals surface area contributed by atoms with Crippen molar-refractivity contribution < 1.29 is 17.9 Å². The van der Waals surface area contributed by atoms with Crippen molar-refractivity contribution in [2.75, 3.05) is 11.1 Å². The van der Waals surface area contributed by atoms with Gasteiger partial charge in [-0.3, -0.25) is 4.79 Å². The van der Waals surface area contributed by atoms with E-state index in [0.29, 0.717) is 22.3 Å². The standard InChI is InChI=1S/C20H17ClN2O4S/c1-2-28(25,26)18-6-4-3-5-17(18)20(24)23-15-9-12-19(22-13-15)27-16-10-7-14(21)8-11-16/h3-13H,2H2,1H3,(H,23,24). The molecule has 3 aromatic rings. The molecule has 144 valence electrons. The fourth-order valence-electron chi connectivity index (χ4n) is 2.42. The van der Waals surface area contributed by atoms with Gasteiger partial charge in [0.05, 0.1) is 28.1 Å². The quantitative estimate of drug-likeness (QED) is 0.636. The van der Waals surface area contributed by atoms with Crippen LogP contribution in [0.25, 0.3) is 0 Å². The normalized spacial score (nSPS) is 11.1. The smallest absolute Gasteiger partial charge is 0.257 e. The van der Waals surface area contributed by atoms with E-state index in [0.717, 1.165) is 0 Å². The second kappa shape index (κ2) is 8.41. The van der Waals surface area contributed by atoms with E-state index in [9.17, 15) is 13.2 Å². The molecule has 1 aromatic heterocycles. The first kappa shape index (κ1) is 19.9. The molecule has 0 aliphatic heterocycles. The summed E-state index contributed by atoms with van der Waals surface area (Å²) in [4.78, 5) is 16.7. The van der Waals surface area contributed by atoms with Crippen molar-refractivity contribution in [1.82, 2.24) is 4.98 Å². The van der Waals surface area contributed by atoms with Crippen molar-refractivity contribution in [3.63, 3.8) is 0 Å². The number of nitrogens with zero attached hydrogens (tertiary/aromatic N) is 1. The molecule has 2 aromatic carbocycles. The minimum Gasteiger partial charge on any atom is -0.439 e. The first-order valence-corrected chi connectivity index (χ1v) is 10.4. The van der Waals surface area contributed by atoms with Crippen LogP contribution in [0.3, 0.4) is 0 Å². The summed E-state index contributed by atoms with van der Waals surface area (Å²) in [5.74, 6) is 0.303. The van der Waals surface area contributed by atoms with Gasteiger partial charge in [-0.1, -0.05) is 30.7 Å². The number of hydrogen-bond acceptors (Lipinski definition) is 5. The molecular formula is C20H17ClN2O4S. The van der Waals surface area contributed by atoms with Crippen LogP contribution in [-0.4, -0.2) is 25.1 Å². The highest BCUT2D eigenvalue weighted by atomic mass is 35.5. The lowest BCUT2D eigenvalue weighted by Gasteiger charge is -2.10. The largest absolute Gasteiger partial charge is 0.439 e. The average Bonchev–Trinajstić information content (AvgIpc) is 2.71. The second-order valence-electron chi connectivity index (χ2n) is 5.79. The minimum atomic E-state index is -3.52. The molecule has 0 aliphatic carbocycles. The number of pyridine rings is 1. The number of hydrogen-bond donors (Lipinski definition) is 1. The van der Waals surface area contributed by atoms with Gasteiger partial charge in [0.25, 0.3) is 5.91 Å². The fraction of sp³-hybridized carbons (Fsp3) is 0.100. The monoisotopic (exact) mass is 416 g/mol. The first-order valence-electron chi connectivity index (χ1n) is 8.41. The number of amides is 1. The predicted octanol–water partition coefficient (Wildman–Crippen LogP) is 4.57. The zero-order valence-corrected chi connectivity index (χ0v) is 16.5. The summed E-state index contributed by atoms with van der Waals surface area (Å²) in [6, 6.07) is 16.1. The van der Waals surface area contributed by atoms with Crippen LogP contribution in [-0.2, 0) is 9.84 Å². The van der Waals surface area contributed by atoms with Crippen molar-refractivity contribution in [3.8, 4) is 11.6 Å². The number of rotatable bonds is 6. The molecule has 0 fully saturated rings. The molecule has 8 heteroatoms. The van der Waals surface area contributed by atoms with Crippen LogP contribution in [0, 0.1) is 0 Å². The predicted molar refractivity (Wildman–Crippen MR) is 108 cm³/mol. The number of carbonyl (C=O) groups is 1. The van der Waals surface area contributed by atoms with Gasteiger partial charge in [-0.15, -0.1) is 0 Å². The highest BCUT2D eigenvalue weighted by molar-refractivity contribution is 7.91. The SMILES string of the molecule is CCS(=O)(=O)c1ccccc1C(=O)Nc1ccc(Oc2ccc(Cl)cc2)nc1. The van der Waals surface area contributed by atoms with Gasteiger partial charge in [-0.25, -0.2) is 13.4 Å². The van der Waals surface area contributed by atoms with Crippen LogP contribution < -0.4 is 10.1 Å². The van der Waals surface area contributed by atoms with Gasteiger partial charge in [-0.05, 0) is 42.5 Å². The first-order chi connectivity index (χ1) is 13.4. The van der Waals surface area contributed by atoms with E-state index in [-0.39, 0.29) is 16.2 Å². The minimum absolute atomic E-state index is 0.00523. The summed E-state index contributed by atoms with van der Waals surface area (Å²) in [6.07, 6.45) is 1.43. The summed E-state index contributed by atoms with van der Waals surface area (Å²) in [5.41, 5.74) is 0.503. The molecular weight excluding hydrogens is 400 g/mol. The number of halogens is 1. The van der Waals surface area contributed by atoms with Crippen molar-refractivity contribution in [3.05, 3.63) is 77.4 Å². The Morgan fingerprint density at radius 3 is 2.43 bits per heavy atom. The van der Waals surface area contributed by atoms with E-state index >= 15 is 0 Å². The molecule has 6 nitrogen and oxygen atoms in total. The molecule has 0 saturated carbocycles. The molecule has 1 heterocycles. The van der Waals surface area contributed by atoms with Gasteiger partial charge in [0.15, 0.2) is 9.84 Å². The highest BCUT2D eigenvalue weighted by Gasteiger charge is 2.20. The summed E-state index contributed by atoms with van der Waals surface area (Å²) in [5, 5.41) is 3.26. The van der Waals surface area contributed by atoms with Crippen LogP contribution in [0.1, 0.15) is 17.3 Å². The Kier molecular flexibility index (Phi) is 5.96. The number of anilines is 1. The van der Waals surface area contributed by atoms with Crippen LogP contribution in [0.2, 0.25) is 5.02 Å². The summed E-state index contributed by atoms with van der Waals surface area (Å²) in [6.45, 7) is 1.54. The van der Waals surface area contributed by atoms with Crippen LogP contribution in [0.15, 0.2) is 71.8 Å². The lowest BCUT2D eigenvalue weighted by Crippen LogP contribution is -2.17. The van der Waals surface area contributed by atoms with Crippen molar-refractivity contribution >= 4 is 33.0 Å². The second-order valence-corrected chi connectivity index (χ2v) is 8.48. The number of ether oxygens (including phenoxy) is 1. The number of carbonyl (C=O) groups excluding carboxylic acids is 1. The van der Waals surface area contributed by atoms with Crippen LogP contribution in [0.5, 0.6) is 11.6 Å². The zero-order valence-electron chi connectivity index (χ0n) is 14.9. The van der Waals surface area contributed by atoms with Gasteiger partial charge < -0.3 is 10.1 Å². The van der Waals surface area contributed by atoms with E-state index in [4.69, 9.17) is 16.3 Å². The van der Waals surface area contributed by atoms with Crippen molar-refractivity contribution in [2.24, 2.45) is 0 Å². The average molecular weight is 417 g/mol. The number of sulfone groups is 1. The van der Waals surface area contributed by atoms with E-state index in [1.54, 1.807) is 48.5 Å². The Morgan fingerprint density at radius 1 is 1.07 bits per heavy atom. The van der Waals surface area contributed by atoms with E-state index < -0.39 is 15.7 Å². The molecule has 0 spiro atoms. The Labute approximate surface area is 168 Å². The van der Waals surface area contributed by atoms with Crippen LogP contribution in [0.4, 0.5) is 5.69 Å². The third-order valence-corrected chi connectivity index (χ3v) is 5.92. The number of aromatic nitrogens is 1. The number of nitrogens with one attached hydrogen (secondary N) is 1. The van der Waals surface area contributed by atoms with Crippen LogP contribution >= 0.6 is 11.6 Å². The maximum Gasteiger partial charge on any atom is 0.257 e. The summed E-state index contributed by atoms with van der Waals surface area (Å²) in [7, 11) is -3.52. The van der Waals surface area contributed by atoms with E-state index in [2.05, 4.69) is 10.3 Å². The molecule has 28 heavy (non-hydrogen) atoms. The van der Waals surface area contributed by atoms with Gasteiger partial charge >= 0.3 is 0 Å². The molecule has 0 radical (unpaired) electrons. The molecule has 3 rings (SSSR count). The van der Waals surface area contributed by atoms with E-state index in [1.807, 2.05) is 0 Å². The van der Waals surface area contributed by atoms with Crippen molar-refractivity contribution in [2.45, 2.75) is 11.8 Å². The van der Waals surface area contributed by atoms with E-state index in [1.165, 1.54) is 25.3 Å². The van der Waals surface area contributed by atoms with Gasteiger partial charge in [-0.2, -0.15) is 0 Å². The Morgan fingerprint density at radius 2 is 1.79 bits per heavy atom.